The number of fused-ring (bicyclic) bond motifs is 1. The van der Waals surface area contributed by atoms with Crippen LogP contribution in [-0.4, -0.2) is 29.2 Å². The zero-order chi connectivity index (χ0) is 27.7. The zero-order valence-corrected chi connectivity index (χ0v) is 22.2. The van der Waals surface area contributed by atoms with Gasteiger partial charge in [-0.15, -0.1) is 0 Å². The van der Waals surface area contributed by atoms with Gasteiger partial charge in [-0.1, -0.05) is 66.7 Å². The molecule has 0 unspecified atom stereocenters. The number of halogens is 1. The molecule has 202 valence electrons. The number of hydrogen-bond donors (Lipinski definition) is 0. The lowest BCUT2D eigenvalue weighted by molar-refractivity contribution is -0.143. The molecule has 0 spiro atoms. The van der Waals surface area contributed by atoms with Crippen molar-refractivity contribution in [3.8, 4) is 34.3 Å². The van der Waals surface area contributed by atoms with Crippen LogP contribution in [0.1, 0.15) is 25.3 Å². The number of carbonyl (C=O) groups excluding carboxylic acids is 1. The molecule has 5 aromatic rings. The summed E-state index contributed by atoms with van der Waals surface area (Å²) in [6.07, 6.45) is 0.922. The summed E-state index contributed by atoms with van der Waals surface area (Å²) in [6.45, 7) is 2.66. The van der Waals surface area contributed by atoms with Gasteiger partial charge in [-0.3, -0.25) is 4.79 Å². The van der Waals surface area contributed by atoms with Gasteiger partial charge in [-0.2, -0.15) is 4.98 Å². The minimum Gasteiger partial charge on any atom is -0.494 e. The maximum atomic E-state index is 14.2. The first-order valence-corrected chi connectivity index (χ1v) is 13.2. The van der Waals surface area contributed by atoms with Crippen molar-refractivity contribution in [3.05, 3.63) is 108 Å². The third-order valence-corrected chi connectivity index (χ3v) is 6.27. The van der Waals surface area contributed by atoms with Crippen molar-refractivity contribution in [3.63, 3.8) is 0 Å². The fourth-order valence-electron chi connectivity index (χ4n) is 4.24. The zero-order valence-electron chi connectivity index (χ0n) is 22.2. The number of esters is 1. The summed E-state index contributed by atoms with van der Waals surface area (Å²) in [6, 6.07) is 29.9. The number of nitrogens with zero attached hydrogens (tertiary/aromatic N) is 2. The highest BCUT2D eigenvalue weighted by Gasteiger charge is 2.12. The summed E-state index contributed by atoms with van der Waals surface area (Å²) in [5.41, 5.74) is 2.91. The lowest BCUT2D eigenvalue weighted by Crippen LogP contribution is -2.06. The number of benzene rings is 4. The van der Waals surface area contributed by atoms with Crippen molar-refractivity contribution in [2.24, 2.45) is 0 Å². The molecule has 1 heterocycles. The van der Waals surface area contributed by atoms with Crippen LogP contribution in [0.15, 0.2) is 97.1 Å². The molecule has 0 radical (unpaired) electrons. The predicted molar refractivity (Wildman–Crippen MR) is 153 cm³/mol. The molecule has 0 aliphatic carbocycles. The molecule has 6 nitrogen and oxygen atoms in total. The molecule has 4 aromatic carbocycles. The van der Waals surface area contributed by atoms with E-state index in [1.54, 1.807) is 31.2 Å². The quantitative estimate of drug-likeness (QED) is 0.129. The average Bonchev–Trinajstić information content (AvgIpc) is 2.99. The Morgan fingerprint density at radius 1 is 0.800 bits per heavy atom. The Balaban J connectivity index is 1.37. The van der Waals surface area contributed by atoms with Crippen molar-refractivity contribution in [2.45, 2.75) is 26.4 Å². The molecule has 0 bridgehead atoms. The molecule has 1 aromatic heterocycles. The topological polar surface area (TPSA) is 70.5 Å². The molecule has 0 aliphatic rings. The Morgan fingerprint density at radius 3 is 2.40 bits per heavy atom. The van der Waals surface area contributed by atoms with Gasteiger partial charge in [0.05, 0.1) is 18.9 Å². The van der Waals surface area contributed by atoms with Gasteiger partial charge in [-0.05, 0) is 48.4 Å². The molecule has 0 saturated carbocycles. The highest BCUT2D eigenvalue weighted by Crippen LogP contribution is 2.29. The van der Waals surface area contributed by atoms with E-state index in [0.29, 0.717) is 49.0 Å². The van der Waals surface area contributed by atoms with Crippen molar-refractivity contribution in [1.29, 1.82) is 0 Å². The smallest absolute Gasteiger partial charge is 0.305 e. The number of hydrogen-bond acceptors (Lipinski definition) is 6. The van der Waals surface area contributed by atoms with Crippen molar-refractivity contribution >= 4 is 16.7 Å². The Labute approximate surface area is 232 Å². The number of carbonyl (C=O) groups is 1. The first-order chi connectivity index (χ1) is 19.6. The van der Waals surface area contributed by atoms with E-state index in [1.165, 1.54) is 6.07 Å². The third kappa shape index (κ3) is 6.80. The lowest BCUT2D eigenvalue weighted by Gasteiger charge is -2.11. The van der Waals surface area contributed by atoms with Gasteiger partial charge < -0.3 is 14.2 Å². The number of aromatic nitrogens is 2. The van der Waals surface area contributed by atoms with Crippen LogP contribution < -0.4 is 9.47 Å². The minimum atomic E-state index is -0.322. The molecule has 40 heavy (non-hydrogen) atoms. The van der Waals surface area contributed by atoms with Gasteiger partial charge in [-0.25, -0.2) is 9.37 Å². The molecule has 0 saturated heterocycles. The SMILES string of the molecule is CCOC(=O)CCCOc1ccc2cc(-c3nc(OCc4ccccc4F)cc(-c4ccccc4)n3)ccc2c1. The molecule has 7 heteroatoms. The second kappa shape index (κ2) is 12.8. The second-order valence-corrected chi connectivity index (χ2v) is 9.14. The van der Waals surface area contributed by atoms with E-state index in [9.17, 15) is 9.18 Å². The van der Waals surface area contributed by atoms with Crippen LogP contribution in [0.3, 0.4) is 0 Å². The third-order valence-electron chi connectivity index (χ3n) is 6.27. The lowest BCUT2D eigenvalue weighted by atomic mass is 10.1. The molecule has 0 N–H and O–H groups in total. The second-order valence-electron chi connectivity index (χ2n) is 9.14. The van der Waals surface area contributed by atoms with E-state index in [0.717, 1.165) is 27.6 Å². The fraction of sp³-hybridized carbons (Fsp3) is 0.182. The Kier molecular flexibility index (Phi) is 8.61. The van der Waals surface area contributed by atoms with E-state index in [1.807, 2.05) is 66.7 Å². The van der Waals surface area contributed by atoms with Gasteiger partial charge in [0.1, 0.15) is 18.2 Å². The van der Waals surface area contributed by atoms with Crippen LogP contribution in [0.25, 0.3) is 33.4 Å². The molecule has 0 atom stereocenters. The summed E-state index contributed by atoms with van der Waals surface area (Å²) >= 11 is 0. The van der Waals surface area contributed by atoms with Crippen LogP contribution in [-0.2, 0) is 16.1 Å². The molecular weight excluding hydrogens is 507 g/mol. The van der Waals surface area contributed by atoms with Gasteiger partial charge >= 0.3 is 5.97 Å². The van der Waals surface area contributed by atoms with Gasteiger partial charge in [0.25, 0.3) is 0 Å². The van der Waals surface area contributed by atoms with E-state index in [-0.39, 0.29) is 18.4 Å². The number of ether oxygens (including phenoxy) is 3. The van der Waals surface area contributed by atoms with Gasteiger partial charge in [0, 0.05) is 29.2 Å². The van der Waals surface area contributed by atoms with Crippen molar-refractivity contribution in [1.82, 2.24) is 9.97 Å². The summed E-state index contributed by atoms with van der Waals surface area (Å²) < 4.78 is 30.9. The highest BCUT2D eigenvalue weighted by atomic mass is 19.1. The predicted octanol–water partition coefficient (Wildman–Crippen LogP) is 7.40. The summed E-state index contributed by atoms with van der Waals surface area (Å²) in [5.74, 6) is 1.06. The monoisotopic (exact) mass is 536 g/mol. The normalized spacial score (nSPS) is 10.8. The average molecular weight is 537 g/mol. The first kappa shape index (κ1) is 26.8. The maximum Gasteiger partial charge on any atom is 0.305 e. The van der Waals surface area contributed by atoms with Crippen LogP contribution in [0.4, 0.5) is 4.39 Å². The largest absolute Gasteiger partial charge is 0.494 e. The van der Waals surface area contributed by atoms with Crippen LogP contribution in [0, 0.1) is 5.82 Å². The fourth-order valence-corrected chi connectivity index (χ4v) is 4.24. The summed E-state index contributed by atoms with van der Waals surface area (Å²) in [5, 5.41) is 2.00. The molecular formula is C33H29FN2O4. The van der Waals surface area contributed by atoms with Crippen LogP contribution >= 0.6 is 0 Å². The Morgan fingerprint density at radius 2 is 1.57 bits per heavy atom. The van der Waals surface area contributed by atoms with Crippen molar-refractivity contribution < 1.29 is 23.4 Å². The maximum absolute atomic E-state index is 14.2. The minimum absolute atomic E-state index is 0.0532. The number of rotatable bonds is 11. The van der Waals surface area contributed by atoms with Gasteiger partial charge in [0.15, 0.2) is 5.82 Å². The summed E-state index contributed by atoms with van der Waals surface area (Å²) in [7, 11) is 0. The Bertz CT molecular complexity index is 1610. The van der Waals surface area contributed by atoms with Crippen molar-refractivity contribution in [2.75, 3.05) is 13.2 Å². The van der Waals surface area contributed by atoms with Crippen LogP contribution in [0.2, 0.25) is 0 Å². The first-order valence-electron chi connectivity index (χ1n) is 13.2. The van der Waals surface area contributed by atoms with Crippen LogP contribution in [0.5, 0.6) is 11.6 Å². The molecule has 0 aliphatic heterocycles. The standard InChI is InChI=1S/C33H29FN2O4/c1-2-38-32(37)13-8-18-39-28-17-16-24-19-26(15-14-25(24)20-28)33-35-30(23-9-4-3-5-10-23)21-31(36-33)40-22-27-11-6-7-12-29(27)34/h3-7,9-12,14-17,19-21H,2,8,13,18,22H2,1H3. The Hall–Kier alpha value is -4.78. The van der Waals surface area contributed by atoms with E-state index in [4.69, 9.17) is 19.2 Å². The molecule has 5 rings (SSSR count). The van der Waals surface area contributed by atoms with E-state index >= 15 is 0 Å². The molecule has 0 amide bonds. The highest BCUT2D eigenvalue weighted by molar-refractivity contribution is 5.87. The van der Waals surface area contributed by atoms with E-state index < -0.39 is 0 Å². The summed E-state index contributed by atoms with van der Waals surface area (Å²) in [4.78, 5) is 21.0. The van der Waals surface area contributed by atoms with Gasteiger partial charge in [0.2, 0.25) is 5.88 Å². The van der Waals surface area contributed by atoms with E-state index in [2.05, 4.69) is 4.98 Å². The molecule has 0 fully saturated rings.